The fourth-order valence-electron chi connectivity index (χ4n) is 5.27. The van der Waals surface area contributed by atoms with Crippen LogP contribution >= 0.6 is 0 Å². The third kappa shape index (κ3) is 5.78. The minimum Gasteiger partial charge on any atom is -0.389 e. The fraction of sp³-hybridized carbons (Fsp3) is 0.500. The minimum atomic E-state index is -0.524. The predicted octanol–water partition coefficient (Wildman–Crippen LogP) is 5.85. The van der Waals surface area contributed by atoms with E-state index in [1.807, 2.05) is 37.4 Å². The molecule has 1 aliphatic heterocycles. The molecule has 31 heavy (non-hydrogen) atoms. The number of halogens is 2. The van der Waals surface area contributed by atoms with Gasteiger partial charge < -0.3 is 9.90 Å². The maximum atomic E-state index is 13.4. The Morgan fingerprint density at radius 1 is 1.13 bits per heavy atom. The van der Waals surface area contributed by atoms with Crippen molar-refractivity contribution in [3.8, 4) is 0 Å². The molecule has 1 saturated carbocycles. The number of aliphatic hydroxyl groups excluding tert-OH is 1. The van der Waals surface area contributed by atoms with Crippen LogP contribution in [0.3, 0.4) is 0 Å². The van der Waals surface area contributed by atoms with Gasteiger partial charge in [0.25, 0.3) is 0 Å². The summed E-state index contributed by atoms with van der Waals surface area (Å²) >= 11 is 0. The van der Waals surface area contributed by atoms with Gasteiger partial charge in [0.1, 0.15) is 17.9 Å². The smallest absolute Gasteiger partial charge is 0.126 e. The van der Waals surface area contributed by atoms with Gasteiger partial charge in [0.05, 0.1) is 6.10 Å². The molecule has 2 aliphatic rings. The number of likely N-dealkylation sites (tertiary alicyclic amines) is 1. The van der Waals surface area contributed by atoms with Gasteiger partial charge in [0, 0.05) is 23.6 Å². The highest BCUT2D eigenvalue weighted by atomic mass is 19.1. The van der Waals surface area contributed by atoms with Crippen LogP contribution in [0.25, 0.3) is 0 Å². The Morgan fingerprint density at radius 3 is 2.23 bits per heavy atom. The lowest BCUT2D eigenvalue weighted by Gasteiger charge is -2.45. The number of nitrogens with zero attached hydrogens (tertiary/aromatic N) is 1. The Labute approximate surface area is 184 Å². The first kappa shape index (κ1) is 23.6. The van der Waals surface area contributed by atoms with Gasteiger partial charge in [-0.15, -0.1) is 0 Å². The van der Waals surface area contributed by atoms with Crippen LogP contribution in [0.4, 0.5) is 8.78 Å². The molecule has 1 N–H and O–H groups in total. The van der Waals surface area contributed by atoms with Crippen molar-refractivity contribution in [2.45, 2.75) is 64.1 Å². The summed E-state index contributed by atoms with van der Waals surface area (Å²) in [5.74, 6) is -0.418. The average molecular weight is 430 g/mol. The zero-order valence-electron chi connectivity index (χ0n) is 18.6. The van der Waals surface area contributed by atoms with Crippen LogP contribution in [0, 0.1) is 23.0 Å². The number of hydrogen-bond donors (Lipinski definition) is 1. The molecular formula is C26H33F2NO2. The highest BCUT2D eigenvalue weighted by Crippen LogP contribution is 2.50. The molecule has 0 spiro atoms. The number of rotatable bonds is 5. The average Bonchev–Trinajstić information content (AvgIpc) is 3.07. The fourth-order valence-corrected chi connectivity index (χ4v) is 5.27. The molecule has 2 aromatic carbocycles. The first-order valence-electron chi connectivity index (χ1n) is 11.1. The first-order chi connectivity index (χ1) is 14.7. The monoisotopic (exact) mass is 429 g/mol. The molecule has 2 fully saturated rings. The van der Waals surface area contributed by atoms with E-state index in [-0.39, 0.29) is 17.6 Å². The van der Waals surface area contributed by atoms with Gasteiger partial charge in [-0.1, -0.05) is 37.3 Å². The van der Waals surface area contributed by atoms with E-state index in [0.29, 0.717) is 17.5 Å². The van der Waals surface area contributed by atoms with Gasteiger partial charge in [-0.2, -0.15) is 0 Å². The Balaban J connectivity index is 0.000000254. The van der Waals surface area contributed by atoms with E-state index >= 15 is 0 Å². The van der Waals surface area contributed by atoms with Crippen molar-refractivity contribution in [1.29, 1.82) is 0 Å². The van der Waals surface area contributed by atoms with Crippen molar-refractivity contribution < 1.29 is 18.7 Å². The molecular weight excluding hydrogens is 396 g/mol. The van der Waals surface area contributed by atoms with Crippen LogP contribution in [0.1, 0.15) is 69.2 Å². The van der Waals surface area contributed by atoms with E-state index in [1.165, 1.54) is 12.1 Å². The lowest BCUT2D eigenvalue weighted by molar-refractivity contribution is -0.125. The normalized spacial score (nSPS) is 28.9. The summed E-state index contributed by atoms with van der Waals surface area (Å²) < 4.78 is 26.9. The van der Waals surface area contributed by atoms with Crippen molar-refractivity contribution in [2.24, 2.45) is 11.3 Å². The standard InChI is InChI=1S/C18H23F2NO.C8H10O/c1-12-8-18(9-12,11-22)10-16-3-4-17(21(16)2)13-5-14(19)7-15(20)6-13;1-7(9)8-5-3-2-4-6-8/h5-7,11-12,16-17H,3-4,8-10H2,1-2H3;2-7,9H,1H3. The summed E-state index contributed by atoms with van der Waals surface area (Å²) in [6.07, 6.45) is 5.46. The number of benzene rings is 2. The Bertz CT molecular complexity index is 845. The summed E-state index contributed by atoms with van der Waals surface area (Å²) in [5.41, 5.74) is 1.50. The van der Waals surface area contributed by atoms with Gasteiger partial charge in [0.2, 0.25) is 0 Å². The number of hydrogen-bond acceptors (Lipinski definition) is 3. The second kappa shape index (κ2) is 10.0. The van der Waals surface area contributed by atoms with Crippen molar-refractivity contribution in [3.05, 3.63) is 71.3 Å². The minimum absolute atomic E-state index is 0.0383. The van der Waals surface area contributed by atoms with Crippen molar-refractivity contribution in [1.82, 2.24) is 4.90 Å². The van der Waals surface area contributed by atoms with E-state index in [9.17, 15) is 13.6 Å². The second-order valence-corrected chi connectivity index (χ2v) is 9.40. The molecule has 168 valence electrons. The molecule has 0 aromatic heterocycles. The van der Waals surface area contributed by atoms with Crippen LogP contribution in [0.5, 0.6) is 0 Å². The molecule has 0 bridgehead atoms. The molecule has 4 rings (SSSR count). The van der Waals surface area contributed by atoms with Crippen LogP contribution < -0.4 is 0 Å². The molecule has 3 nitrogen and oxygen atoms in total. The number of carbonyl (C=O) groups excluding carboxylic acids is 1. The van der Waals surface area contributed by atoms with Crippen LogP contribution in [0.2, 0.25) is 0 Å². The molecule has 1 heterocycles. The lowest BCUT2D eigenvalue weighted by atomic mass is 9.60. The second-order valence-electron chi connectivity index (χ2n) is 9.40. The molecule has 1 saturated heterocycles. The quantitative estimate of drug-likeness (QED) is 0.607. The Kier molecular flexibility index (Phi) is 7.60. The summed E-state index contributed by atoms with van der Waals surface area (Å²) in [4.78, 5) is 13.7. The largest absolute Gasteiger partial charge is 0.389 e. The molecule has 0 radical (unpaired) electrons. The maximum absolute atomic E-state index is 13.4. The summed E-state index contributed by atoms with van der Waals surface area (Å²) in [5, 5.41) is 9.02. The highest BCUT2D eigenvalue weighted by molar-refractivity contribution is 5.61. The molecule has 5 heteroatoms. The number of carbonyl (C=O) groups is 1. The lowest BCUT2D eigenvalue weighted by Crippen LogP contribution is -2.42. The van der Waals surface area contributed by atoms with Crippen LogP contribution in [-0.2, 0) is 4.79 Å². The van der Waals surface area contributed by atoms with Crippen molar-refractivity contribution >= 4 is 6.29 Å². The Morgan fingerprint density at radius 2 is 1.74 bits per heavy atom. The molecule has 0 amide bonds. The zero-order valence-corrected chi connectivity index (χ0v) is 18.6. The molecule has 3 unspecified atom stereocenters. The third-order valence-corrected chi connectivity index (χ3v) is 6.79. The van der Waals surface area contributed by atoms with Gasteiger partial charge in [-0.25, -0.2) is 8.78 Å². The highest BCUT2D eigenvalue weighted by Gasteiger charge is 2.45. The van der Waals surface area contributed by atoms with Crippen molar-refractivity contribution in [2.75, 3.05) is 7.05 Å². The zero-order chi connectivity index (χ0) is 22.6. The summed E-state index contributed by atoms with van der Waals surface area (Å²) in [6, 6.07) is 13.7. The SMILES string of the molecule is CC(O)c1ccccc1.CC1CC(C=O)(CC2CCC(c3cc(F)cc(F)c3)N2C)C1. The third-order valence-electron chi connectivity index (χ3n) is 6.79. The number of aliphatic hydroxyl groups is 1. The maximum Gasteiger partial charge on any atom is 0.126 e. The summed E-state index contributed by atoms with van der Waals surface area (Å²) in [7, 11) is 2.01. The molecule has 1 aliphatic carbocycles. The van der Waals surface area contributed by atoms with Crippen molar-refractivity contribution in [3.63, 3.8) is 0 Å². The molecule has 2 aromatic rings. The van der Waals surface area contributed by atoms with Gasteiger partial charge in [-0.3, -0.25) is 4.90 Å². The van der Waals surface area contributed by atoms with E-state index in [1.54, 1.807) is 6.92 Å². The van der Waals surface area contributed by atoms with Gasteiger partial charge >= 0.3 is 0 Å². The summed E-state index contributed by atoms with van der Waals surface area (Å²) in [6.45, 7) is 3.94. The molecule has 3 atom stereocenters. The first-order valence-corrected chi connectivity index (χ1v) is 11.1. The Hall–Kier alpha value is -2.11. The predicted molar refractivity (Wildman–Crippen MR) is 118 cm³/mol. The van der Waals surface area contributed by atoms with Crippen LogP contribution in [-0.4, -0.2) is 29.4 Å². The van der Waals surface area contributed by atoms with Crippen LogP contribution in [0.15, 0.2) is 48.5 Å². The van der Waals surface area contributed by atoms with E-state index in [4.69, 9.17) is 5.11 Å². The van der Waals surface area contributed by atoms with Gasteiger partial charge in [-0.05, 0) is 75.3 Å². The van der Waals surface area contributed by atoms with E-state index in [0.717, 1.165) is 50.0 Å². The number of aldehydes is 1. The topological polar surface area (TPSA) is 40.5 Å². The van der Waals surface area contributed by atoms with Gasteiger partial charge in [0.15, 0.2) is 0 Å². The van der Waals surface area contributed by atoms with E-state index < -0.39 is 11.6 Å². The van der Waals surface area contributed by atoms with E-state index in [2.05, 4.69) is 11.8 Å².